The van der Waals surface area contributed by atoms with Gasteiger partial charge in [0.05, 0.1) is 17.6 Å². The van der Waals surface area contributed by atoms with Crippen LogP contribution in [0.15, 0.2) is 23.1 Å². The third kappa shape index (κ3) is 3.41. The fourth-order valence-corrected chi connectivity index (χ4v) is 2.99. The van der Waals surface area contributed by atoms with Crippen molar-refractivity contribution < 1.29 is 17.5 Å². The van der Waals surface area contributed by atoms with Gasteiger partial charge in [0.1, 0.15) is 5.82 Å². The second kappa shape index (κ2) is 5.52. The van der Waals surface area contributed by atoms with Gasteiger partial charge >= 0.3 is 0 Å². The van der Waals surface area contributed by atoms with Crippen molar-refractivity contribution >= 4 is 19.7 Å². The Morgan fingerprint density at radius 1 is 1.50 bits per heavy atom. The summed E-state index contributed by atoms with van der Waals surface area (Å²) in [5, 5.41) is 3.12. The standard InChI is InChI=1S/C11H13ClFNO3S/c12-18(15,16)11-2-1-9(13)5-8(11)7-17-10-3-4-14-6-10/h1-2,5,10,14H,3-4,6-7H2. The topological polar surface area (TPSA) is 55.4 Å². The minimum atomic E-state index is -3.89. The molecule has 1 unspecified atom stereocenters. The van der Waals surface area contributed by atoms with E-state index in [0.717, 1.165) is 37.7 Å². The predicted molar refractivity (Wildman–Crippen MR) is 65.5 cm³/mol. The molecule has 1 aliphatic heterocycles. The maximum Gasteiger partial charge on any atom is 0.261 e. The van der Waals surface area contributed by atoms with Crippen LogP contribution in [0.2, 0.25) is 0 Å². The third-order valence-electron chi connectivity index (χ3n) is 2.77. The van der Waals surface area contributed by atoms with Crippen molar-refractivity contribution in [1.82, 2.24) is 5.32 Å². The van der Waals surface area contributed by atoms with Gasteiger partial charge in [0.15, 0.2) is 0 Å². The molecule has 1 fully saturated rings. The second-order valence-corrected chi connectivity index (χ2v) is 6.65. The lowest BCUT2D eigenvalue weighted by atomic mass is 10.2. The average molecular weight is 294 g/mol. The SMILES string of the molecule is O=S(=O)(Cl)c1ccc(F)cc1COC1CCNC1. The highest BCUT2D eigenvalue weighted by molar-refractivity contribution is 8.13. The Balaban J connectivity index is 2.17. The van der Waals surface area contributed by atoms with Gasteiger partial charge in [0.25, 0.3) is 9.05 Å². The summed E-state index contributed by atoms with van der Waals surface area (Å²) in [6.45, 7) is 1.62. The van der Waals surface area contributed by atoms with Crippen LogP contribution in [0.3, 0.4) is 0 Å². The zero-order valence-corrected chi connectivity index (χ0v) is 11.1. The highest BCUT2D eigenvalue weighted by Crippen LogP contribution is 2.22. The molecular weight excluding hydrogens is 281 g/mol. The van der Waals surface area contributed by atoms with Gasteiger partial charge in [-0.1, -0.05) is 0 Å². The minimum absolute atomic E-state index is 0.0270. The van der Waals surface area contributed by atoms with Crippen molar-refractivity contribution in [2.75, 3.05) is 13.1 Å². The smallest absolute Gasteiger partial charge is 0.261 e. The normalized spacial score (nSPS) is 20.2. The average Bonchev–Trinajstić information content (AvgIpc) is 2.77. The molecule has 1 N–H and O–H groups in total. The van der Waals surface area contributed by atoms with Gasteiger partial charge in [0.2, 0.25) is 0 Å². The number of hydrogen-bond donors (Lipinski definition) is 1. The van der Waals surface area contributed by atoms with E-state index in [-0.39, 0.29) is 23.2 Å². The Kier molecular flexibility index (Phi) is 4.21. The van der Waals surface area contributed by atoms with E-state index in [1.54, 1.807) is 0 Å². The van der Waals surface area contributed by atoms with Crippen molar-refractivity contribution in [3.05, 3.63) is 29.6 Å². The maximum absolute atomic E-state index is 13.1. The van der Waals surface area contributed by atoms with E-state index in [4.69, 9.17) is 15.4 Å². The third-order valence-corrected chi connectivity index (χ3v) is 4.20. The van der Waals surface area contributed by atoms with Crippen LogP contribution in [0.25, 0.3) is 0 Å². The Hall–Kier alpha value is -0.690. The fourth-order valence-electron chi connectivity index (χ4n) is 1.88. The first-order valence-corrected chi connectivity index (χ1v) is 7.83. The number of benzene rings is 1. The zero-order valence-electron chi connectivity index (χ0n) is 9.53. The first kappa shape index (κ1) is 13.7. The summed E-state index contributed by atoms with van der Waals surface area (Å²) in [5.41, 5.74) is 0.247. The van der Waals surface area contributed by atoms with Crippen LogP contribution >= 0.6 is 10.7 Å². The van der Waals surface area contributed by atoms with E-state index in [0.29, 0.717) is 0 Å². The van der Waals surface area contributed by atoms with E-state index >= 15 is 0 Å². The van der Waals surface area contributed by atoms with Crippen molar-refractivity contribution in [3.8, 4) is 0 Å². The molecule has 0 aromatic heterocycles. The van der Waals surface area contributed by atoms with E-state index < -0.39 is 14.9 Å². The summed E-state index contributed by atoms with van der Waals surface area (Å²) in [4.78, 5) is -0.100. The molecule has 0 saturated carbocycles. The molecule has 1 saturated heterocycles. The van der Waals surface area contributed by atoms with Crippen LogP contribution in [-0.2, 0) is 20.4 Å². The number of nitrogens with one attached hydrogen (secondary N) is 1. The quantitative estimate of drug-likeness (QED) is 0.858. The molecule has 0 aliphatic carbocycles. The van der Waals surface area contributed by atoms with Gasteiger partial charge in [0, 0.05) is 22.8 Å². The molecule has 0 spiro atoms. The molecule has 1 heterocycles. The van der Waals surface area contributed by atoms with Gasteiger partial charge < -0.3 is 10.1 Å². The Labute approximate surface area is 110 Å². The fraction of sp³-hybridized carbons (Fsp3) is 0.455. The first-order chi connectivity index (χ1) is 8.47. The van der Waals surface area contributed by atoms with E-state index in [1.807, 2.05) is 0 Å². The summed E-state index contributed by atoms with van der Waals surface area (Å²) in [5.74, 6) is -0.512. The van der Waals surface area contributed by atoms with Gasteiger partial charge in [-0.2, -0.15) is 0 Å². The molecule has 7 heteroatoms. The molecule has 1 aromatic carbocycles. The summed E-state index contributed by atoms with van der Waals surface area (Å²) < 4.78 is 41.3. The molecule has 0 bridgehead atoms. The van der Waals surface area contributed by atoms with Gasteiger partial charge in [-0.25, -0.2) is 12.8 Å². The van der Waals surface area contributed by atoms with Crippen LogP contribution in [0.5, 0.6) is 0 Å². The molecular formula is C11H13ClFNO3S. The van der Waals surface area contributed by atoms with Crippen molar-refractivity contribution in [2.24, 2.45) is 0 Å². The lowest BCUT2D eigenvalue weighted by Crippen LogP contribution is -2.17. The second-order valence-electron chi connectivity index (χ2n) is 4.12. The summed E-state index contributed by atoms with van der Waals surface area (Å²) >= 11 is 0. The minimum Gasteiger partial charge on any atom is -0.372 e. The highest BCUT2D eigenvalue weighted by atomic mass is 35.7. The molecule has 0 amide bonds. The number of ether oxygens (including phenoxy) is 1. The van der Waals surface area contributed by atoms with Crippen molar-refractivity contribution in [2.45, 2.75) is 24.0 Å². The van der Waals surface area contributed by atoms with E-state index in [1.165, 1.54) is 0 Å². The lowest BCUT2D eigenvalue weighted by Gasteiger charge is -2.12. The van der Waals surface area contributed by atoms with Gasteiger partial charge in [-0.3, -0.25) is 0 Å². The molecule has 100 valence electrons. The first-order valence-electron chi connectivity index (χ1n) is 5.52. The monoisotopic (exact) mass is 293 g/mol. The number of rotatable bonds is 4. The molecule has 4 nitrogen and oxygen atoms in total. The lowest BCUT2D eigenvalue weighted by molar-refractivity contribution is 0.0528. The molecule has 1 atom stereocenters. The molecule has 1 aromatic rings. The van der Waals surface area contributed by atoms with Crippen LogP contribution in [-0.4, -0.2) is 27.6 Å². The molecule has 0 radical (unpaired) electrons. The predicted octanol–water partition coefficient (Wildman–Crippen LogP) is 1.63. The molecule has 18 heavy (non-hydrogen) atoms. The Morgan fingerprint density at radius 2 is 2.28 bits per heavy atom. The van der Waals surface area contributed by atoms with Gasteiger partial charge in [-0.05, 0) is 31.2 Å². The molecule has 2 rings (SSSR count). The van der Waals surface area contributed by atoms with Crippen LogP contribution in [0, 0.1) is 5.82 Å². The van der Waals surface area contributed by atoms with E-state index in [9.17, 15) is 12.8 Å². The van der Waals surface area contributed by atoms with Crippen molar-refractivity contribution in [1.29, 1.82) is 0 Å². The van der Waals surface area contributed by atoms with Crippen LogP contribution in [0.1, 0.15) is 12.0 Å². The number of hydrogen-bond acceptors (Lipinski definition) is 4. The Morgan fingerprint density at radius 3 is 2.89 bits per heavy atom. The maximum atomic E-state index is 13.1. The van der Waals surface area contributed by atoms with E-state index in [2.05, 4.69) is 5.32 Å². The van der Waals surface area contributed by atoms with Crippen LogP contribution in [0.4, 0.5) is 4.39 Å². The Bertz CT molecular complexity index is 529. The largest absolute Gasteiger partial charge is 0.372 e. The van der Waals surface area contributed by atoms with Crippen LogP contribution < -0.4 is 5.32 Å². The summed E-state index contributed by atoms with van der Waals surface area (Å²) in [6.07, 6.45) is 0.886. The summed E-state index contributed by atoms with van der Waals surface area (Å²) in [7, 11) is 1.41. The highest BCUT2D eigenvalue weighted by Gasteiger charge is 2.19. The number of halogens is 2. The molecule has 1 aliphatic rings. The zero-order chi connectivity index (χ0) is 13.2. The van der Waals surface area contributed by atoms with Crippen molar-refractivity contribution in [3.63, 3.8) is 0 Å². The summed E-state index contributed by atoms with van der Waals surface area (Å²) in [6, 6.07) is 3.36. The van der Waals surface area contributed by atoms with Gasteiger partial charge in [-0.15, -0.1) is 0 Å².